The Bertz CT molecular complexity index is 1870. The molecule has 0 saturated carbocycles. The number of hydrogen-bond acceptors (Lipinski definition) is 1. The van der Waals surface area contributed by atoms with E-state index < -0.39 is 0 Å². The standard InChI is InChI=1S/C53H76OP2/c1-29(2)35-21-39(31(5)6)49(40(22-35)32(7)8)55-45-27-37(51(13,14)15)25-43-47(45)54-48-44(53(43,19)20)26-38(52(16,17)18)28-46(48)56-50-41(33(9)10)23-36(30(3)4)24-42(50)34(11)12/h21-34,55-56H,1-20H3. The van der Waals surface area contributed by atoms with Gasteiger partial charge in [0.1, 0.15) is 11.5 Å². The van der Waals surface area contributed by atoms with Crippen molar-refractivity contribution in [3.63, 3.8) is 0 Å². The van der Waals surface area contributed by atoms with Gasteiger partial charge in [-0.1, -0.05) is 192 Å². The van der Waals surface area contributed by atoms with Crippen molar-refractivity contribution >= 4 is 38.4 Å². The number of ether oxygens (including phenoxy) is 1. The van der Waals surface area contributed by atoms with Gasteiger partial charge in [-0.2, -0.15) is 0 Å². The van der Waals surface area contributed by atoms with Crippen LogP contribution in [0.3, 0.4) is 0 Å². The van der Waals surface area contributed by atoms with E-state index in [9.17, 15) is 0 Å². The van der Waals surface area contributed by atoms with Gasteiger partial charge in [-0.25, -0.2) is 0 Å². The molecule has 4 aromatic rings. The minimum atomic E-state index is -0.254. The zero-order valence-corrected chi connectivity index (χ0v) is 41.0. The van der Waals surface area contributed by atoms with E-state index in [0.717, 1.165) is 11.5 Å². The third-order valence-electron chi connectivity index (χ3n) is 12.2. The molecule has 1 aliphatic rings. The molecule has 1 nitrogen and oxygen atoms in total. The summed E-state index contributed by atoms with van der Waals surface area (Å²) in [6, 6.07) is 20.1. The predicted molar refractivity (Wildman–Crippen MR) is 255 cm³/mol. The van der Waals surface area contributed by atoms with Crippen molar-refractivity contribution in [3.8, 4) is 11.5 Å². The van der Waals surface area contributed by atoms with Crippen LogP contribution in [0.25, 0.3) is 0 Å². The van der Waals surface area contributed by atoms with E-state index in [2.05, 4.69) is 187 Å². The van der Waals surface area contributed by atoms with E-state index in [1.165, 1.54) is 76.9 Å². The highest BCUT2D eigenvalue weighted by Gasteiger charge is 2.40. The summed E-state index contributed by atoms with van der Waals surface area (Å²) in [5.74, 6) is 4.90. The molecule has 3 heteroatoms. The topological polar surface area (TPSA) is 9.23 Å². The normalized spacial score (nSPS) is 14.8. The molecule has 0 fully saturated rings. The Kier molecular flexibility index (Phi) is 13.0. The molecule has 0 aliphatic carbocycles. The molecular weight excluding hydrogens is 715 g/mol. The monoisotopic (exact) mass is 791 g/mol. The molecule has 56 heavy (non-hydrogen) atoms. The Labute approximate surface area is 347 Å². The van der Waals surface area contributed by atoms with Crippen LogP contribution >= 0.6 is 17.2 Å². The summed E-state index contributed by atoms with van der Waals surface area (Å²) < 4.78 is 7.59. The first-order valence-electron chi connectivity index (χ1n) is 21.7. The Hall–Kier alpha value is -2.46. The number of fused-ring (bicyclic) bond motifs is 2. The van der Waals surface area contributed by atoms with Gasteiger partial charge in [0.05, 0.1) is 0 Å². The van der Waals surface area contributed by atoms with Gasteiger partial charge in [-0.3, -0.25) is 0 Å². The Morgan fingerprint density at radius 3 is 0.946 bits per heavy atom. The molecule has 4 aromatic carbocycles. The summed E-state index contributed by atoms with van der Waals surface area (Å²) >= 11 is 0. The lowest BCUT2D eigenvalue weighted by molar-refractivity contribution is 0.422. The number of rotatable bonds is 10. The number of benzene rings is 4. The van der Waals surface area contributed by atoms with Gasteiger partial charge in [0.25, 0.3) is 0 Å². The van der Waals surface area contributed by atoms with Crippen molar-refractivity contribution in [1.82, 2.24) is 0 Å². The molecule has 0 N–H and O–H groups in total. The third-order valence-corrected chi connectivity index (χ3v) is 15.2. The van der Waals surface area contributed by atoms with Crippen molar-refractivity contribution in [1.29, 1.82) is 0 Å². The first-order valence-corrected chi connectivity index (χ1v) is 23.7. The molecule has 304 valence electrons. The largest absolute Gasteiger partial charge is 0.455 e. The Balaban J connectivity index is 1.84. The van der Waals surface area contributed by atoms with Crippen LogP contribution in [0.1, 0.15) is 230 Å². The van der Waals surface area contributed by atoms with Crippen molar-refractivity contribution in [2.45, 2.75) is 190 Å². The average Bonchev–Trinajstić information content (AvgIpc) is 3.07. The fourth-order valence-corrected chi connectivity index (χ4v) is 11.8. The molecule has 0 amide bonds. The first kappa shape index (κ1) is 44.6. The molecule has 0 spiro atoms. The van der Waals surface area contributed by atoms with E-state index in [-0.39, 0.29) is 16.2 Å². The van der Waals surface area contributed by atoms with E-state index in [4.69, 9.17) is 4.74 Å². The highest BCUT2D eigenvalue weighted by atomic mass is 31.1. The first-order chi connectivity index (χ1) is 25.7. The molecule has 0 saturated heterocycles. The SMILES string of the molecule is CC(C)c1cc(C(C)C)c(Pc2cc(C(C)(C)C)cc3c2Oc2c(Pc4c(C(C)C)cc(C(C)C)cc4C(C)C)cc(C(C)(C)C)cc2C3(C)C)c(C(C)C)c1. The molecular formula is C53H76OP2. The summed E-state index contributed by atoms with van der Waals surface area (Å²) in [7, 11) is 0.998. The molecule has 1 aliphatic heterocycles. The second-order valence-electron chi connectivity index (χ2n) is 21.4. The van der Waals surface area contributed by atoms with Gasteiger partial charge < -0.3 is 4.74 Å². The fraction of sp³-hybridized carbons (Fsp3) is 0.547. The summed E-state index contributed by atoms with van der Waals surface area (Å²) in [5.41, 5.74) is 14.0. The van der Waals surface area contributed by atoms with E-state index in [0.29, 0.717) is 52.7 Å². The van der Waals surface area contributed by atoms with Gasteiger partial charge >= 0.3 is 0 Å². The van der Waals surface area contributed by atoms with Gasteiger partial charge in [0.15, 0.2) is 0 Å². The van der Waals surface area contributed by atoms with Crippen molar-refractivity contribution < 1.29 is 4.74 Å². The summed E-state index contributed by atoms with van der Waals surface area (Å²) in [5, 5.41) is 5.71. The summed E-state index contributed by atoms with van der Waals surface area (Å²) in [4.78, 5) is 0. The highest BCUT2D eigenvalue weighted by molar-refractivity contribution is 7.56. The van der Waals surface area contributed by atoms with Gasteiger partial charge in [0.2, 0.25) is 0 Å². The molecule has 0 aromatic heterocycles. The second kappa shape index (κ2) is 16.3. The van der Waals surface area contributed by atoms with E-state index in [1.807, 2.05) is 0 Å². The van der Waals surface area contributed by atoms with Crippen LogP contribution < -0.4 is 26.0 Å². The summed E-state index contributed by atoms with van der Waals surface area (Å²) in [6.07, 6.45) is 0. The lowest BCUT2D eigenvalue weighted by Gasteiger charge is -2.39. The fourth-order valence-electron chi connectivity index (χ4n) is 8.17. The minimum Gasteiger partial charge on any atom is -0.455 e. The highest BCUT2D eigenvalue weighted by Crippen LogP contribution is 2.51. The van der Waals surface area contributed by atoms with Gasteiger partial charge in [-0.05, 0) is 114 Å². The van der Waals surface area contributed by atoms with Crippen LogP contribution in [0.4, 0.5) is 0 Å². The predicted octanol–water partition coefficient (Wildman–Crippen LogP) is 14.7. The summed E-state index contributed by atoms with van der Waals surface area (Å²) in [6.45, 7) is 47.4. The van der Waals surface area contributed by atoms with Gasteiger partial charge in [0, 0.05) is 27.2 Å². The lowest BCUT2D eigenvalue weighted by Crippen LogP contribution is -2.32. The molecule has 2 unspecified atom stereocenters. The van der Waals surface area contributed by atoms with Crippen LogP contribution in [-0.4, -0.2) is 0 Å². The quantitative estimate of drug-likeness (QED) is 0.145. The molecule has 0 bridgehead atoms. The molecule has 0 radical (unpaired) electrons. The zero-order valence-electron chi connectivity index (χ0n) is 39.0. The lowest BCUT2D eigenvalue weighted by atomic mass is 9.72. The van der Waals surface area contributed by atoms with Crippen molar-refractivity contribution in [2.24, 2.45) is 0 Å². The van der Waals surface area contributed by atoms with Crippen LogP contribution in [0.2, 0.25) is 0 Å². The smallest absolute Gasteiger partial charge is 0.139 e. The maximum Gasteiger partial charge on any atom is 0.139 e. The molecule has 2 atom stereocenters. The van der Waals surface area contributed by atoms with Crippen LogP contribution in [0, 0.1) is 0 Å². The zero-order chi connectivity index (χ0) is 42.0. The van der Waals surface area contributed by atoms with Gasteiger partial charge in [-0.15, -0.1) is 0 Å². The maximum atomic E-state index is 7.59. The number of hydrogen-bond donors (Lipinski definition) is 0. The Morgan fingerprint density at radius 1 is 0.429 bits per heavy atom. The minimum absolute atomic E-state index is 0.00365. The Morgan fingerprint density at radius 2 is 0.714 bits per heavy atom. The second-order valence-corrected chi connectivity index (χ2v) is 23.9. The molecule has 1 heterocycles. The van der Waals surface area contributed by atoms with E-state index in [1.54, 1.807) is 0 Å². The van der Waals surface area contributed by atoms with Crippen LogP contribution in [0.5, 0.6) is 11.5 Å². The van der Waals surface area contributed by atoms with Crippen LogP contribution in [0.15, 0.2) is 48.5 Å². The van der Waals surface area contributed by atoms with Crippen molar-refractivity contribution in [3.05, 3.63) is 104 Å². The van der Waals surface area contributed by atoms with E-state index >= 15 is 0 Å². The molecule has 5 rings (SSSR count). The van der Waals surface area contributed by atoms with Crippen molar-refractivity contribution in [2.75, 3.05) is 0 Å². The van der Waals surface area contributed by atoms with Crippen LogP contribution in [-0.2, 0) is 16.2 Å². The average molecular weight is 791 g/mol. The maximum absolute atomic E-state index is 7.59. The third kappa shape index (κ3) is 8.91.